The van der Waals surface area contributed by atoms with Gasteiger partial charge in [-0.15, -0.1) is 0 Å². The predicted octanol–water partition coefficient (Wildman–Crippen LogP) is 2.64. The molecule has 0 fully saturated rings. The Labute approximate surface area is 87.3 Å². The summed E-state index contributed by atoms with van der Waals surface area (Å²) in [6.45, 7) is 1.78. The molecule has 0 saturated heterocycles. The van der Waals surface area contributed by atoms with Crippen molar-refractivity contribution in [1.82, 2.24) is 0 Å². The molecule has 0 bridgehead atoms. The molecule has 2 heteroatoms. The topological polar surface area (TPSA) is 18.5 Å². The van der Waals surface area contributed by atoms with E-state index in [1.165, 1.54) is 25.7 Å². The summed E-state index contributed by atoms with van der Waals surface area (Å²) in [5.41, 5.74) is 0. The number of rotatable bonds is 6. The highest BCUT2D eigenvalue weighted by molar-refractivity contribution is 4.94. The first-order chi connectivity index (χ1) is 6.88. The Morgan fingerprint density at radius 1 is 0.929 bits per heavy atom. The summed E-state index contributed by atoms with van der Waals surface area (Å²) in [6.07, 6.45) is 9.44. The second kappa shape index (κ2) is 7.02. The number of methoxy groups -OCH3 is 2. The van der Waals surface area contributed by atoms with E-state index in [1.807, 2.05) is 0 Å². The fraction of sp³-hybridized carbons (Fsp3) is 0.833. The Morgan fingerprint density at radius 3 is 1.71 bits per heavy atom. The summed E-state index contributed by atoms with van der Waals surface area (Å²) in [5, 5.41) is 0. The highest BCUT2D eigenvalue weighted by Crippen LogP contribution is 2.30. The lowest BCUT2D eigenvalue weighted by Crippen LogP contribution is -2.20. The van der Waals surface area contributed by atoms with Crippen LogP contribution in [0.5, 0.6) is 0 Å². The molecule has 1 aliphatic rings. The van der Waals surface area contributed by atoms with E-state index in [1.54, 1.807) is 14.2 Å². The normalized spacial score (nSPS) is 26.7. The first kappa shape index (κ1) is 11.7. The SMILES string of the molecule is COCC[C@H]1CC=CC[C@H]1CCOC. The summed E-state index contributed by atoms with van der Waals surface area (Å²) >= 11 is 0. The fourth-order valence-corrected chi connectivity index (χ4v) is 2.17. The molecule has 0 aliphatic heterocycles. The van der Waals surface area contributed by atoms with Crippen molar-refractivity contribution in [3.63, 3.8) is 0 Å². The smallest absolute Gasteiger partial charge is 0.0465 e. The van der Waals surface area contributed by atoms with Gasteiger partial charge in [0.05, 0.1) is 0 Å². The number of allylic oxidation sites excluding steroid dienone is 2. The summed E-state index contributed by atoms with van der Waals surface area (Å²) in [6, 6.07) is 0. The molecule has 1 aliphatic carbocycles. The zero-order chi connectivity index (χ0) is 10.2. The molecule has 0 N–H and O–H groups in total. The maximum absolute atomic E-state index is 5.14. The van der Waals surface area contributed by atoms with Crippen LogP contribution in [0.25, 0.3) is 0 Å². The van der Waals surface area contributed by atoms with Crippen molar-refractivity contribution >= 4 is 0 Å². The maximum Gasteiger partial charge on any atom is 0.0465 e. The van der Waals surface area contributed by atoms with Crippen LogP contribution in [0.15, 0.2) is 12.2 Å². The molecule has 0 aromatic carbocycles. The molecular formula is C12H22O2. The summed E-state index contributed by atoms with van der Waals surface area (Å²) in [7, 11) is 3.56. The molecule has 82 valence electrons. The quantitative estimate of drug-likeness (QED) is 0.611. The van der Waals surface area contributed by atoms with Gasteiger partial charge in [-0.1, -0.05) is 12.2 Å². The van der Waals surface area contributed by atoms with Crippen LogP contribution >= 0.6 is 0 Å². The lowest BCUT2D eigenvalue weighted by Gasteiger charge is -2.28. The highest BCUT2D eigenvalue weighted by Gasteiger charge is 2.21. The van der Waals surface area contributed by atoms with Gasteiger partial charge in [0.2, 0.25) is 0 Å². The van der Waals surface area contributed by atoms with E-state index in [2.05, 4.69) is 12.2 Å². The van der Waals surface area contributed by atoms with Gasteiger partial charge in [-0.05, 0) is 37.5 Å². The van der Waals surface area contributed by atoms with Crippen molar-refractivity contribution in [3.05, 3.63) is 12.2 Å². The molecule has 2 atom stereocenters. The third-order valence-electron chi connectivity index (χ3n) is 3.10. The Hall–Kier alpha value is -0.340. The van der Waals surface area contributed by atoms with E-state index in [0.717, 1.165) is 25.0 Å². The van der Waals surface area contributed by atoms with Crippen LogP contribution in [0.1, 0.15) is 25.7 Å². The number of hydrogen-bond donors (Lipinski definition) is 0. The van der Waals surface area contributed by atoms with E-state index >= 15 is 0 Å². The van der Waals surface area contributed by atoms with Gasteiger partial charge >= 0.3 is 0 Å². The molecule has 0 aromatic heterocycles. The third kappa shape index (κ3) is 3.81. The second-order valence-corrected chi connectivity index (χ2v) is 4.03. The van der Waals surface area contributed by atoms with Gasteiger partial charge in [0.1, 0.15) is 0 Å². The van der Waals surface area contributed by atoms with Crippen molar-refractivity contribution in [2.75, 3.05) is 27.4 Å². The zero-order valence-electron chi connectivity index (χ0n) is 9.37. The molecule has 2 nitrogen and oxygen atoms in total. The second-order valence-electron chi connectivity index (χ2n) is 4.03. The van der Waals surface area contributed by atoms with Gasteiger partial charge in [-0.2, -0.15) is 0 Å². The largest absolute Gasteiger partial charge is 0.385 e. The Kier molecular flexibility index (Phi) is 5.88. The molecular weight excluding hydrogens is 176 g/mol. The van der Waals surface area contributed by atoms with Gasteiger partial charge in [-0.3, -0.25) is 0 Å². The zero-order valence-corrected chi connectivity index (χ0v) is 9.37. The van der Waals surface area contributed by atoms with Crippen LogP contribution in [0.2, 0.25) is 0 Å². The van der Waals surface area contributed by atoms with E-state index in [-0.39, 0.29) is 0 Å². The number of hydrogen-bond acceptors (Lipinski definition) is 2. The van der Waals surface area contributed by atoms with Gasteiger partial charge in [0.15, 0.2) is 0 Å². The van der Waals surface area contributed by atoms with Crippen molar-refractivity contribution in [2.45, 2.75) is 25.7 Å². The number of ether oxygens (including phenoxy) is 2. The molecule has 0 radical (unpaired) electrons. The van der Waals surface area contributed by atoms with E-state index in [9.17, 15) is 0 Å². The monoisotopic (exact) mass is 198 g/mol. The predicted molar refractivity (Wildman–Crippen MR) is 58.3 cm³/mol. The molecule has 0 saturated carbocycles. The highest BCUT2D eigenvalue weighted by atomic mass is 16.5. The van der Waals surface area contributed by atoms with Crippen molar-refractivity contribution < 1.29 is 9.47 Å². The molecule has 0 spiro atoms. The van der Waals surface area contributed by atoms with E-state index in [0.29, 0.717) is 0 Å². The molecule has 1 rings (SSSR count). The first-order valence-corrected chi connectivity index (χ1v) is 5.51. The minimum atomic E-state index is 0.801. The van der Waals surface area contributed by atoms with Crippen LogP contribution in [0.4, 0.5) is 0 Å². The van der Waals surface area contributed by atoms with Crippen LogP contribution in [0, 0.1) is 11.8 Å². The van der Waals surface area contributed by atoms with Gasteiger partial charge < -0.3 is 9.47 Å². The molecule has 0 heterocycles. The molecule has 0 amide bonds. The minimum Gasteiger partial charge on any atom is -0.385 e. The fourth-order valence-electron chi connectivity index (χ4n) is 2.17. The first-order valence-electron chi connectivity index (χ1n) is 5.51. The lowest BCUT2D eigenvalue weighted by molar-refractivity contribution is 0.130. The lowest BCUT2D eigenvalue weighted by atomic mass is 9.79. The minimum absolute atomic E-state index is 0.801. The Balaban J connectivity index is 2.31. The molecule has 0 aromatic rings. The van der Waals surface area contributed by atoms with Gasteiger partial charge in [0, 0.05) is 27.4 Å². The standard InChI is InChI=1S/C12H22O2/c1-13-9-7-11-5-3-4-6-12(11)8-10-14-2/h3-4,11-12H,5-10H2,1-2H3/t11-,12+. The molecule has 0 unspecified atom stereocenters. The average molecular weight is 198 g/mol. The maximum atomic E-state index is 5.14. The summed E-state index contributed by atoms with van der Waals surface area (Å²) in [4.78, 5) is 0. The molecule has 14 heavy (non-hydrogen) atoms. The van der Waals surface area contributed by atoms with Crippen LogP contribution in [-0.2, 0) is 9.47 Å². The van der Waals surface area contributed by atoms with Crippen LogP contribution in [0.3, 0.4) is 0 Å². The van der Waals surface area contributed by atoms with Gasteiger partial charge in [0.25, 0.3) is 0 Å². The Bertz CT molecular complexity index is 148. The van der Waals surface area contributed by atoms with Crippen molar-refractivity contribution in [2.24, 2.45) is 11.8 Å². The van der Waals surface area contributed by atoms with E-state index < -0.39 is 0 Å². The van der Waals surface area contributed by atoms with Crippen molar-refractivity contribution in [1.29, 1.82) is 0 Å². The van der Waals surface area contributed by atoms with Gasteiger partial charge in [-0.25, -0.2) is 0 Å². The van der Waals surface area contributed by atoms with Crippen LogP contribution in [-0.4, -0.2) is 27.4 Å². The van der Waals surface area contributed by atoms with Crippen molar-refractivity contribution in [3.8, 4) is 0 Å². The van der Waals surface area contributed by atoms with Crippen LogP contribution < -0.4 is 0 Å². The Morgan fingerprint density at radius 2 is 1.36 bits per heavy atom. The average Bonchev–Trinajstić information content (AvgIpc) is 2.24. The van der Waals surface area contributed by atoms with E-state index in [4.69, 9.17) is 9.47 Å². The third-order valence-corrected chi connectivity index (χ3v) is 3.10. The summed E-state index contributed by atoms with van der Waals surface area (Å²) in [5.74, 6) is 1.60. The summed E-state index contributed by atoms with van der Waals surface area (Å²) < 4.78 is 10.3.